The Morgan fingerprint density at radius 3 is 1.84 bits per heavy atom. The van der Waals surface area contributed by atoms with Crippen LogP contribution in [0.4, 0.5) is 26.3 Å². The maximum absolute atomic E-state index is 15.8. The molecule has 26 nitrogen and oxygen atoms in total. The second-order valence-electron chi connectivity index (χ2n) is 32.4. The highest BCUT2D eigenvalue weighted by Crippen LogP contribution is 2.45. The molecule has 3 aliphatic heterocycles. The molecule has 32 heteroatoms. The van der Waals surface area contributed by atoms with Gasteiger partial charge in [-0.2, -0.15) is 26.3 Å². The molecule has 0 aromatic heterocycles. The molecule has 3 heterocycles. The van der Waals surface area contributed by atoms with Gasteiger partial charge in [0.25, 0.3) is 0 Å². The first kappa shape index (κ1) is 90.1. The van der Waals surface area contributed by atoms with E-state index in [2.05, 4.69) is 10.6 Å². The highest BCUT2D eigenvalue weighted by atomic mass is 19.4. The van der Waals surface area contributed by atoms with Gasteiger partial charge in [0.2, 0.25) is 70.9 Å². The number of methoxy groups -OCH3 is 1. The molecule has 2 saturated heterocycles. The van der Waals surface area contributed by atoms with Gasteiger partial charge in [0.1, 0.15) is 60.4 Å². The van der Waals surface area contributed by atoms with E-state index in [0.717, 1.165) is 9.80 Å². The van der Waals surface area contributed by atoms with E-state index in [1.54, 1.807) is 32.9 Å². The number of carbonyl (C=O) groups excluding carboxylic acids is 12. The van der Waals surface area contributed by atoms with Gasteiger partial charge in [0.15, 0.2) is 0 Å². The van der Waals surface area contributed by atoms with E-state index in [4.69, 9.17) is 9.47 Å². The molecule has 1 spiro atoms. The van der Waals surface area contributed by atoms with Crippen molar-refractivity contribution in [3.05, 3.63) is 12.2 Å². The van der Waals surface area contributed by atoms with E-state index in [1.807, 2.05) is 20.8 Å². The third-order valence-corrected chi connectivity index (χ3v) is 25.2. The number of hydrogen-bond acceptors (Lipinski definition) is 14. The molecule has 0 aromatic rings. The molecule has 3 unspecified atom stereocenters. The molecule has 13 atom stereocenters. The number of alkyl halides is 6. The van der Waals surface area contributed by atoms with Crippen molar-refractivity contribution in [3.63, 3.8) is 0 Å². The topological polar surface area (TPSA) is 280 Å². The zero-order chi connectivity index (χ0) is 81.8. The van der Waals surface area contributed by atoms with Crippen LogP contribution in [0, 0.1) is 35.5 Å². The molecule has 0 radical (unpaired) electrons. The maximum atomic E-state index is 15.8. The molecule has 0 aromatic carbocycles. The summed E-state index contributed by atoms with van der Waals surface area (Å²) in [6, 6.07) is -11.3. The fraction of sp³-hybridized carbons (Fsp3) is 0.821. The fourth-order valence-corrected chi connectivity index (χ4v) is 17.5. The van der Waals surface area contributed by atoms with Crippen LogP contribution in [0.5, 0.6) is 0 Å². The molecule has 4 aliphatic carbocycles. The standard InChI is InChI=1S/C78H124F6N12O14/c1-16-25-56-67(100)86-65(47(6)17-2)73(106)95(52-33-34-52)46-64(99)90(11)57-26-22-21-23-39-94(72(57)105)59(40-48-27-31-51(32-28-48)77(79,80)81)70(103)88(9)45-62(97)85-55(36-30-49-29-35-54(78(82,83)84)61(41-49)109-15)68(101)96-44-53(110-20-5)42-60(96)71(104)93(14)76(37-24-38-76)75(108)92(13)66(50(18-3)19-4)74(107)91(12)58(69(102)87(7)8)43-63(98)89(56)10/h21-22,47-61,65-66H,16-20,23-46H2,1-15H3,(H,85,97)(H,86,100)/b22-21-/t47-,48?,49?,51?,53+,54?,55-,56-,57-,58-,59-,60-,61?,65-,66-/m0/s1. The Bertz CT molecular complexity index is 3270. The molecular weight excluding hydrogens is 1440 g/mol. The van der Waals surface area contributed by atoms with Crippen LogP contribution in [0.15, 0.2) is 12.2 Å². The average molecular weight is 1570 g/mol. The number of halogens is 6. The van der Waals surface area contributed by atoms with Gasteiger partial charge in [-0.05, 0) is 146 Å². The number of likely N-dealkylation sites (N-methyl/N-ethyl adjacent to an activating group) is 7. The third-order valence-electron chi connectivity index (χ3n) is 25.2. The number of fused-ring (bicyclic) bond motifs is 3. The minimum absolute atomic E-state index is 0.0391. The van der Waals surface area contributed by atoms with E-state index in [-0.39, 0.29) is 122 Å². The van der Waals surface area contributed by atoms with Crippen molar-refractivity contribution in [1.82, 2.24) is 59.6 Å². The second kappa shape index (κ2) is 39.1. The molecule has 110 heavy (non-hydrogen) atoms. The Labute approximate surface area is 645 Å². The Balaban J connectivity index is 1.35. The van der Waals surface area contributed by atoms with Gasteiger partial charge < -0.3 is 69.1 Å². The Kier molecular flexibility index (Phi) is 32.0. The minimum Gasteiger partial charge on any atom is -0.381 e. The number of ether oxygens (including phenoxy) is 2. The van der Waals surface area contributed by atoms with Crippen molar-refractivity contribution in [1.29, 1.82) is 0 Å². The maximum Gasteiger partial charge on any atom is 0.394 e. The van der Waals surface area contributed by atoms with Crippen molar-refractivity contribution < 1.29 is 93.4 Å². The monoisotopic (exact) mass is 1570 g/mol. The zero-order valence-electron chi connectivity index (χ0n) is 67.4. The first-order valence-electron chi connectivity index (χ1n) is 40.0. The second-order valence-corrected chi connectivity index (χ2v) is 32.4. The summed E-state index contributed by atoms with van der Waals surface area (Å²) >= 11 is 0. The van der Waals surface area contributed by atoms with E-state index < -0.39 is 210 Å². The van der Waals surface area contributed by atoms with Gasteiger partial charge in [-0.1, -0.05) is 72.5 Å². The van der Waals surface area contributed by atoms with Crippen LogP contribution in [0.25, 0.3) is 0 Å². The molecule has 7 aliphatic rings. The number of carbonyl (C=O) groups is 12. The van der Waals surface area contributed by atoms with Gasteiger partial charge in [-0.15, -0.1) is 0 Å². The average Bonchev–Trinajstić information content (AvgIpc) is 1.11. The van der Waals surface area contributed by atoms with E-state index in [0.29, 0.717) is 44.9 Å². The van der Waals surface area contributed by atoms with Gasteiger partial charge in [0, 0.05) is 95.7 Å². The number of nitrogens with zero attached hydrogens (tertiary/aromatic N) is 10. The summed E-state index contributed by atoms with van der Waals surface area (Å²) in [6.07, 6.45) is -5.77. The molecule has 2 bridgehead atoms. The fourth-order valence-electron chi connectivity index (χ4n) is 17.5. The molecule has 6 fully saturated rings. The Morgan fingerprint density at radius 1 is 0.636 bits per heavy atom. The van der Waals surface area contributed by atoms with Gasteiger partial charge in [-0.3, -0.25) is 57.5 Å². The molecule has 4 saturated carbocycles. The lowest BCUT2D eigenvalue weighted by molar-refractivity contribution is -0.215. The Morgan fingerprint density at radius 2 is 1.28 bits per heavy atom. The smallest absolute Gasteiger partial charge is 0.381 e. The molecular formula is C78H124F6N12O14. The summed E-state index contributed by atoms with van der Waals surface area (Å²) in [4.78, 5) is 196. The lowest BCUT2D eigenvalue weighted by Crippen LogP contribution is -2.68. The summed E-state index contributed by atoms with van der Waals surface area (Å²) in [5.74, 6) is -14.0. The normalized spacial score (nSPS) is 30.8. The summed E-state index contributed by atoms with van der Waals surface area (Å²) in [6.45, 7) is 9.30. The first-order valence-corrected chi connectivity index (χ1v) is 40.0. The quantitative estimate of drug-likeness (QED) is 0.110. The SMILES string of the molecule is CCC[C@H]1C(=O)N[C@@H]([C@@H](C)CC)C(=O)N(C2CC2)CC(=O)N(C)[C@H]2C/C=C\CCN(C2=O)[C@@H](CC2CCC(C(F)(F)F)CC2)C(=O)N(C)CC(=O)N[C@@H](CCC2CCC(C(F)(F)F)C(OC)C2)C(=O)N2C[C@H](OCC)C[C@H]2C(=O)N(C)C2(CCC2)C(=O)N(C)[C@@H](C(CC)CC)C(=O)N(C)[C@H](C(=O)N(C)C)CC(=O)N1C. The predicted molar refractivity (Wildman–Crippen MR) is 396 cm³/mol. The highest BCUT2D eigenvalue weighted by molar-refractivity contribution is 6.01. The van der Waals surface area contributed by atoms with Gasteiger partial charge >= 0.3 is 12.4 Å². The highest BCUT2D eigenvalue weighted by Gasteiger charge is 2.57. The summed E-state index contributed by atoms with van der Waals surface area (Å²) in [7, 11) is 12.5. The van der Waals surface area contributed by atoms with Crippen molar-refractivity contribution in [2.24, 2.45) is 35.5 Å². The minimum atomic E-state index is -4.57. The van der Waals surface area contributed by atoms with Gasteiger partial charge in [0.05, 0.1) is 37.0 Å². The third kappa shape index (κ3) is 21.2. The van der Waals surface area contributed by atoms with Crippen LogP contribution in [0.2, 0.25) is 0 Å². The number of amides is 12. The molecule has 7 rings (SSSR count). The predicted octanol–water partition coefficient (Wildman–Crippen LogP) is 6.95. The van der Waals surface area contributed by atoms with Crippen molar-refractivity contribution in [2.75, 3.05) is 96.3 Å². The lowest BCUT2D eigenvalue weighted by atomic mass is 9.73. The van der Waals surface area contributed by atoms with E-state index in [9.17, 15) is 50.3 Å². The zero-order valence-corrected chi connectivity index (χ0v) is 67.4. The van der Waals surface area contributed by atoms with Crippen LogP contribution in [0.3, 0.4) is 0 Å². The largest absolute Gasteiger partial charge is 0.394 e. The van der Waals surface area contributed by atoms with Crippen LogP contribution >= 0.6 is 0 Å². The lowest BCUT2D eigenvalue weighted by Gasteiger charge is -2.51. The summed E-state index contributed by atoms with van der Waals surface area (Å²) < 4.78 is 97.2. The van der Waals surface area contributed by atoms with Crippen LogP contribution in [-0.2, 0) is 67.0 Å². The summed E-state index contributed by atoms with van der Waals surface area (Å²) in [5, 5.41) is 5.74. The summed E-state index contributed by atoms with van der Waals surface area (Å²) in [5.41, 5.74) is -1.61. The number of hydrogen-bond donors (Lipinski definition) is 2. The first-order chi connectivity index (χ1) is 51.8. The van der Waals surface area contributed by atoms with E-state index >= 15 is 33.6 Å². The number of nitrogens with one attached hydrogen (secondary N) is 2. The Hall–Kier alpha value is -7.12. The van der Waals surface area contributed by atoms with Gasteiger partial charge in [-0.25, -0.2) is 0 Å². The number of rotatable bonds is 17. The van der Waals surface area contributed by atoms with Crippen molar-refractivity contribution in [3.8, 4) is 0 Å². The van der Waals surface area contributed by atoms with Crippen LogP contribution < -0.4 is 10.6 Å². The van der Waals surface area contributed by atoms with Crippen LogP contribution in [-0.4, -0.2) is 301 Å². The van der Waals surface area contributed by atoms with Crippen molar-refractivity contribution >= 4 is 70.9 Å². The molecule has 12 amide bonds. The van der Waals surface area contributed by atoms with Crippen molar-refractivity contribution in [2.45, 2.75) is 280 Å². The molecule has 2 N–H and O–H groups in total. The van der Waals surface area contributed by atoms with Crippen LogP contribution in [0.1, 0.15) is 196 Å². The molecule has 622 valence electrons. The van der Waals surface area contributed by atoms with E-state index in [1.165, 1.54) is 103 Å².